The molecule has 0 aliphatic heterocycles. The standard InChI is InChI=1S/C12H20N6OS/c1-13-11(9-8-20-16-15-9)12-10(19-4)7-14-18(12)6-5-17(2)3/h7-8,11,13H,5-6H2,1-4H3. The molecule has 0 spiro atoms. The van der Waals surface area contributed by atoms with Crippen LogP contribution in [-0.4, -0.2) is 59.1 Å². The van der Waals surface area contributed by atoms with Gasteiger partial charge in [-0.1, -0.05) is 4.49 Å². The van der Waals surface area contributed by atoms with E-state index in [4.69, 9.17) is 4.74 Å². The van der Waals surface area contributed by atoms with Crippen molar-refractivity contribution < 1.29 is 4.74 Å². The second-order valence-corrected chi connectivity index (χ2v) is 5.29. The van der Waals surface area contributed by atoms with Gasteiger partial charge >= 0.3 is 0 Å². The minimum absolute atomic E-state index is 0.0756. The van der Waals surface area contributed by atoms with Crippen molar-refractivity contribution in [3.8, 4) is 5.75 Å². The predicted molar refractivity (Wildman–Crippen MR) is 78.1 cm³/mol. The van der Waals surface area contributed by atoms with Crippen LogP contribution in [0.4, 0.5) is 0 Å². The Bertz CT molecular complexity index is 524. The number of likely N-dealkylation sites (N-methyl/N-ethyl adjacent to an activating group) is 1. The number of nitrogens with zero attached hydrogens (tertiary/aromatic N) is 5. The monoisotopic (exact) mass is 296 g/mol. The Morgan fingerprint density at radius 1 is 1.50 bits per heavy atom. The maximum absolute atomic E-state index is 5.43. The van der Waals surface area contributed by atoms with Crippen LogP contribution in [0.1, 0.15) is 17.4 Å². The Morgan fingerprint density at radius 2 is 2.30 bits per heavy atom. The first-order valence-corrected chi connectivity index (χ1v) is 7.19. The molecule has 110 valence electrons. The van der Waals surface area contributed by atoms with Gasteiger partial charge in [-0.2, -0.15) is 5.10 Å². The van der Waals surface area contributed by atoms with Gasteiger partial charge in [-0.15, -0.1) is 5.10 Å². The van der Waals surface area contributed by atoms with Crippen LogP contribution in [-0.2, 0) is 6.54 Å². The fourth-order valence-electron chi connectivity index (χ4n) is 2.02. The summed E-state index contributed by atoms with van der Waals surface area (Å²) in [5.74, 6) is 0.760. The molecule has 0 aliphatic carbocycles. The first-order chi connectivity index (χ1) is 9.67. The molecule has 1 unspecified atom stereocenters. The summed E-state index contributed by atoms with van der Waals surface area (Å²) >= 11 is 1.34. The minimum atomic E-state index is -0.0756. The molecule has 0 amide bonds. The van der Waals surface area contributed by atoms with Crippen LogP contribution in [0.2, 0.25) is 0 Å². The van der Waals surface area contributed by atoms with Crippen LogP contribution >= 0.6 is 11.5 Å². The molecule has 8 heteroatoms. The van der Waals surface area contributed by atoms with Crippen LogP contribution in [0.25, 0.3) is 0 Å². The van der Waals surface area contributed by atoms with Gasteiger partial charge in [-0.3, -0.25) is 4.68 Å². The summed E-state index contributed by atoms with van der Waals surface area (Å²) < 4.78 is 11.3. The number of methoxy groups -OCH3 is 1. The van der Waals surface area contributed by atoms with Gasteiger partial charge in [0.2, 0.25) is 0 Å². The van der Waals surface area contributed by atoms with Gasteiger partial charge in [0, 0.05) is 11.9 Å². The van der Waals surface area contributed by atoms with E-state index in [1.807, 2.05) is 31.2 Å². The van der Waals surface area contributed by atoms with E-state index >= 15 is 0 Å². The van der Waals surface area contributed by atoms with Crippen LogP contribution in [0.3, 0.4) is 0 Å². The highest BCUT2D eigenvalue weighted by molar-refractivity contribution is 7.03. The van der Waals surface area contributed by atoms with Crippen LogP contribution < -0.4 is 10.1 Å². The highest BCUT2D eigenvalue weighted by atomic mass is 32.1. The normalized spacial score (nSPS) is 12.8. The molecule has 0 aliphatic rings. The fourth-order valence-corrected chi connectivity index (χ4v) is 2.50. The van der Waals surface area contributed by atoms with Crippen molar-refractivity contribution in [3.63, 3.8) is 0 Å². The zero-order valence-electron chi connectivity index (χ0n) is 12.2. The Hall–Kier alpha value is -1.51. The number of aromatic nitrogens is 4. The van der Waals surface area contributed by atoms with Crippen molar-refractivity contribution in [2.75, 3.05) is 34.8 Å². The largest absolute Gasteiger partial charge is 0.493 e. The zero-order valence-corrected chi connectivity index (χ0v) is 13.0. The van der Waals surface area contributed by atoms with Crippen molar-refractivity contribution in [1.82, 2.24) is 29.6 Å². The third-order valence-electron chi connectivity index (χ3n) is 3.06. The number of hydrogen-bond donors (Lipinski definition) is 1. The molecule has 1 atom stereocenters. The quantitative estimate of drug-likeness (QED) is 0.807. The Balaban J connectivity index is 2.34. The third-order valence-corrected chi connectivity index (χ3v) is 3.58. The van der Waals surface area contributed by atoms with Crippen molar-refractivity contribution in [2.24, 2.45) is 0 Å². The molecule has 2 aromatic heterocycles. The second-order valence-electron chi connectivity index (χ2n) is 4.68. The number of ether oxygens (including phenoxy) is 1. The summed E-state index contributed by atoms with van der Waals surface area (Å²) in [5, 5.41) is 13.8. The number of nitrogens with one attached hydrogen (secondary N) is 1. The average molecular weight is 296 g/mol. The third kappa shape index (κ3) is 3.14. The molecule has 2 rings (SSSR count). The van der Waals surface area contributed by atoms with Crippen molar-refractivity contribution in [3.05, 3.63) is 23.0 Å². The molecule has 0 fully saturated rings. The Kier molecular flexibility index (Phi) is 5.05. The maximum Gasteiger partial charge on any atom is 0.161 e. The molecule has 0 saturated heterocycles. The smallest absolute Gasteiger partial charge is 0.161 e. The summed E-state index contributed by atoms with van der Waals surface area (Å²) in [6.45, 7) is 1.70. The summed E-state index contributed by atoms with van der Waals surface area (Å²) in [5.41, 5.74) is 1.85. The molecule has 0 radical (unpaired) electrons. The minimum Gasteiger partial charge on any atom is -0.493 e. The second kappa shape index (κ2) is 6.78. The van der Waals surface area contributed by atoms with E-state index in [0.29, 0.717) is 0 Å². The van der Waals surface area contributed by atoms with E-state index < -0.39 is 0 Å². The van der Waals surface area contributed by atoms with Crippen LogP contribution in [0.5, 0.6) is 5.75 Å². The maximum atomic E-state index is 5.43. The lowest BCUT2D eigenvalue weighted by atomic mass is 10.1. The van der Waals surface area contributed by atoms with E-state index in [2.05, 4.69) is 24.9 Å². The number of rotatable bonds is 7. The average Bonchev–Trinajstić information content (AvgIpc) is 3.07. The van der Waals surface area contributed by atoms with Gasteiger partial charge in [0.05, 0.1) is 31.6 Å². The SMILES string of the molecule is CNC(c1csnn1)c1c(OC)cnn1CCN(C)C. The molecule has 20 heavy (non-hydrogen) atoms. The molecule has 7 nitrogen and oxygen atoms in total. The highest BCUT2D eigenvalue weighted by Gasteiger charge is 2.24. The molecule has 0 saturated carbocycles. The van der Waals surface area contributed by atoms with Crippen molar-refractivity contribution in [1.29, 1.82) is 0 Å². The van der Waals surface area contributed by atoms with E-state index in [-0.39, 0.29) is 6.04 Å². The van der Waals surface area contributed by atoms with E-state index in [1.165, 1.54) is 11.5 Å². The summed E-state index contributed by atoms with van der Waals surface area (Å²) in [4.78, 5) is 2.12. The van der Waals surface area contributed by atoms with Gasteiger partial charge in [-0.05, 0) is 32.7 Å². The lowest BCUT2D eigenvalue weighted by molar-refractivity contribution is 0.360. The number of hydrogen-bond acceptors (Lipinski definition) is 7. The fraction of sp³-hybridized carbons (Fsp3) is 0.583. The topological polar surface area (TPSA) is 68.1 Å². The molecule has 2 heterocycles. The molecule has 0 bridgehead atoms. The zero-order chi connectivity index (χ0) is 14.5. The van der Waals surface area contributed by atoms with Crippen LogP contribution in [0, 0.1) is 0 Å². The van der Waals surface area contributed by atoms with Gasteiger partial charge in [-0.25, -0.2) is 0 Å². The lowest BCUT2D eigenvalue weighted by Crippen LogP contribution is -2.25. The Morgan fingerprint density at radius 3 is 2.85 bits per heavy atom. The van der Waals surface area contributed by atoms with Gasteiger partial charge in [0.15, 0.2) is 5.75 Å². The van der Waals surface area contributed by atoms with E-state index in [9.17, 15) is 0 Å². The van der Waals surface area contributed by atoms with Crippen molar-refractivity contribution >= 4 is 11.5 Å². The molecular weight excluding hydrogens is 276 g/mol. The molecule has 1 N–H and O–H groups in total. The Labute approximate surface area is 122 Å². The first kappa shape index (κ1) is 14.9. The van der Waals surface area contributed by atoms with Gasteiger partial charge in [0.1, 0.15) is 5.69 Å². The lowest BCUT2D eigenvalue weighted by Gasteiger charge is -2.18. The van der Waals surface area contributed by atoms with Gasteiger partial charge in [0.25, 0.3) is 0 Å². The van der Waals surface area contributed by atoms with Crippen molar-refractivity contribution in [2.45, 2.75) is 12.6 Å². The molecular formula is C12H20N6OS. The van der Waals surface area contributed by atoms with Gasteiger partial charge < -0.3 is 15.0 Å². The highest BCUT2D eigenvalue weighted by Crippen LogP contribution is 2.29. The molecule has 0 aromatic carbocycles. The summed E-state index contributed by atoms with van der Waals surface area (Å²) in [6.07, 6.45) is 1.75. The molecule has 2 aromatic rings. The first-order valence-electron chi connectivity index (χ1n) is 6.36. The van der Waals surface area contributed by atoms with E-state index in [0.717, 1.165) is 30.2 Å². The van der Waals surface area contributed by atoms with E-state index in [1.54, 1.807) is 13.3 Å². The summed E-state index contributed by atoms with van der Waals surface area (Å²) in [7, 11) is 7.64. The van der Waals surface area contributed by atoms with Crippen LogP contribution in [0.15, 0.2) is 11.6 Å². The predicted octanol–water partition coefficient (Wildman–Crippen LogP) is 0.614. The summed E-state index contributed by atoms with van der Waals surface area (Å²) in [6, 6.07) is -0.0756.